The van der Waals surface area contributed by atoms with Crippen LogP contribution in [0.25, 0.3) is 17.0 Å². The van der Waals surface area contributed by atoms with Gasteiger partial charge in [-0.3, -0.25) is 0 Å². The minimum Gasteiger partial charge on any atom is -0.494 e. The van der Waals surface area contributed by atoms with Crippen LogP contribution in [0.4, 0.5) is 0 Å². The van der Waals surface area contributed by atoms with Gasteiger partial charge in [-0.05, 0) is 43.7 Å². The van der Waals surface area contributed by atoms with Crippen molar-refractivity contribution in [2.75, 3.05) is 7.11 Å². The Hall–Kier alpha value is -3.01. The number of hydrogen-bond donors (Lipinski definition) is 1. The Labute approximate surface area is 147 Å². The molecule has 3 heterocycles. The summed E-state index contributed by atoms with van der Waals surface area (Å²) in [5.74, 6) is 0.784. The van der Waals surface area contributed by atoms with E-state index < -0.39 is 0 Å². The first-order chi connectivity index (χ1) is 12.1. The summed E-state index contributed by atoms with van der Waals surface area (Å²) in [6.45, 7) is 4.22. The van der Waals surface area contributed by atoms with Gasteiger partial charge in [0, 0.05) is 35.4 Å². The SMILES string of the molecule is COC1=CC(c2cc3ccccc3[nH]2)=N/C1=C\c1c(C)cc(C)n1C. The predicted molar refractivity (Wildman–Crippen MR) is 103 cm³/mol. The molecule has 1 aromatic carbocycles. The number of aromatic amines is 1. The molecule has 126 valence electrons. The molecule has 0 atom stereocenters. The van der Waals surface area contributed by atoms with Crippen LogP contribution in [-0.4, -0.2) is 22.4 Å². The van der Waals surface area contributed by atoms with Crippen molar-refractivity contribution in [1.82, 2.24) is 9.55 Å². The number of aryl methyl sites for hydroxylation is 2. The fourth-order valence-electron chi connectivity index (χ4n) is 3.31. The molecule has 0 bridgehead atoms. The molecule has 0 amide bonds. The second kappa shape index (κ2) is 5.81. The molecular weight excluding hydrogens is 310 g/mol. The highest BCUT2D eigenvalue weighted by atomic mass is 16.5. The highest BCUT2D eigenvalue weighted by Crippen LogP contribution is 2.27. The molecule has 2 aromatic heterocycles. The maximum Gasteiger partial charge on any atom is 0.146 e. The summed E-state index contributed by atoms with van der Waals surface area (Å²) in [4.78, 5) is 8.24. The summed E-state index contributed by atoms with van der Waals surface area (Å²) < 4.78 is 7.74. The highest BCUT2D eigenvalue weighted by Gasteiger charge is 2.19. The molecule has 1 N–H and O–H groups in total. The second-order valence-electron chi connectivity index (χ2n) is 6.42. The maximum absolute atomic E-state index is 5.56. The van der Waals surface area contributed by atoms with Gasteiger partial charge >= 0.3 is 0 Å². The lowest BCUT2D eigenvalue weighted by molar-refractivity contribution is 0.303. The van der Waals surface area contributed by atoms with E-state index in [0.29, 0.717) is 0 Å². The van der Waals surface area contributed by atoms with Gasteiger partial charge in [0.2, 0.25) is 0 Å². The lowest BCUT2D eigenvalue weighted by Gasteiger charge is -2.05. The first-order valence-corrected chi connectivity index (χ1v) is 8.34. The predicted octanol–water partition coefficient (Wildman–Crippen LogP) is 4.50. The van der Waals surface area contributed by atoms with E-state index in [1.165, 1.54) is 16.6 Å². The molecule has 1 aliphatic heterocycles. The number of ether oxygens (including phenoxy) is 1. The zero-order chi connectivity index (χ0) is 17.6. The average molecular weight is 331 g/mol. The number of aliphatic imine (C=N–C) groups is 1. The molecule has 25 heavy (non-hydrogen) atoms. The van der Waals surface area contributed by atoms with E-state index in [1.54, 1.807) is 7.11 Å². The molecule has 0 spiro atoms. The largest absolute Gasteiger partial charge is 0.494 e. The first-order valence-electron chi connectivity index (χ1n) is 8.34. The van der Waals surface area contributed by atoms with Gasteiger partial charge in [0.15, 0.2) is 0 Å². The molecule has 4 rings (SSSR count). The fraction of sp³-hybridized carbons (Fsp3) is 0.190. The molecule has 0 saturated carbocycles. The topological polar surface area (TPSA) is 42.3 Å². The number of rotatable bonds is 3. The van der Waals surface area contributed by atoms with Crippen molar-refractivity contribution in [3.63, 3.8) is 0 Å². The molecule has 0 saturated heterocycles. The van der Waals surface area contributed by atoms with Gasteiger partial charge in [-0.2, -0.15) is 0 Å². The number of nitrogens with zero attached hydrogens (tertiary/aromatic N) is 2. The summed E-state index contributed by atoms with van der Waals surface area (Å²) in [5.41, 5.74) is 7.46. The summed E-state index contributed by atoms with van der Waals surface area (Å²) in [7, 11) is 3.76. The smallest absolute Gasteiger partial charge is 0.146 e. The van der Waals surface area contributed by atoms with Crippen LogP contribution in [0.2, 0.25) is 0 Å². The Bertz CT molecular complexity index is 1030. The van der Waals surface area contributed by atoms with Crippen molar-refractivity contribution in [2.45, 2.75) is 13.8 Å². The van der Waals surface area contributed by atoms with Crippen molar-refractivity contribution in [3.8, 4) is 0 Å². The summed E-state index contributed by atoms with van der Waals surface area (Å²) in [5, 5.41) is 1.18. The van der Waals surface area contributed by atoms with Crippen LogP contribution in [0.5, 0.6) is 0 Å². The van der Waals surface area contributed by atoms with Crippen LogP contribution >= 0.6 is 0 Å². The Morgan fingerprint density at radius 2 is 1.96 bits per heavy atom. The number of methoxy groups -OCH3 is 1. The van der Waals surface area contributed by atoms with Crippen LogP contribution in [-0.2, 0) is 11.8 Å². The molecule has 4 heteroatoms. The third-order valence-electron chi connectivity index (χ3n) is 4.78. The Morgan fingerprint density at radius 1 is 1.16 bits per heavy atom. The molecule has 4 nitrogen and oxygen atoms in total. The van der Waals surface area contributed by atoms with Gasteiger partial charge in [0.1, 0.15) is 11.5 Å². The zero-order valence-corrected chi connectivity index (χ0v) is 14.9. The van der Waals surface area contributed by atoms with Crippen LogP contribution in [0.3, 0.4) is 0 Å². The fourth-order valence-corrected chi connectivity index (χ4v) is 3.31. The van der Waals surface area contributed by atoms with Crippen LogP contribution in [0.15, 0.2) is 58.9 Å². The summed E-state index contributed by atoms with van der Waals surface area (Å²) >= 11 is 0. The molecule has 3 aromatic rings. The molecule has 0 radical (unpaired) electrons. The van der Waals surface area contributed by atoms with Gasteiger partial charge in [-0.1, -0.05) is 18.2 Å². The van der Waals surface area contributed by atoms with Crippen LogP contribution in [0.1, 0.15) is 22.6 Å². The van der Waals surface area contributed by atoms with E-state index in [1.807, 2.05) is 18.2 Å². The summed E-state index contributed by atoms with van der Waals surface area (Å²) in [6, 6.07) is 12.5. The molecular formula is C21H21N3O. The molecule has 1 aliphatic rings. The van der Waals surface area contributed by atoms with E-state index in [-0.39, 0.29) is 0 Å². The lowest BCUT2D eigenvalue weighted by Crippen LogP contribution is -1.95. The average Bonchev–Trinajstić information content (AvgIpc) is 3.27. The van der Waals surface area contributed by atoms with Gasteiger partial charge < -0.3 is 14.3 Å². The van der Waals surface area contributed by atoms with E-state index in [2.05, 4.69) is 60.8 Å². The first kappa shape index (κ1) is 15.5. The monoisotopic (exact) mass is 331 g/mol. The number of nitrogens with one attached hydrogen (secondary N) is 1. The van der Waals surface area contributed by atoms with E-state index in [9.17, 15) is 0 Å². The van der Waals surface area contributed by atoms with Gasteiger partial charge in [-0.15, -0.1) is 0 Å². The number of fused-ring (bicyclic) bond motifs is 1. The lowest BCUT2D eigenvalue weighted by atomic mass is 10.2. The summed E-state index contributed by atoms with van der Waals surface area (Å²) in [6.07, 6.45) is 4.08. The zero-order valence-electron chi connectivity index (χ0n) is 14.9. The van der Waals surface area contributed by atoms with Crippen molar-refractivity contribution >= 4 is 22.7 Å². The van der Waals surface area contributed by atoms with Crippen LogP contribution < -0.4 is 0 Å². The minimum atomic E-state index is 0.784. The molecule has 0 fully saturated rings. The minimum absolute atomic E-state index is 0.784. The highest BCUT2D eigenvalue weighted by molar-refractivity contribution is 6.13. The van der Waals surface area contributed by atoms with E-state index >= 15 is 0 Å². The van der Waals surface area contributed by atoms with Crippen LogP contribution in [0, 0.1) is 13.8 Å². The number of allylic oxidation sites excluding steroid dienone is 1. The number of para-hydroxylation sites is 1. The number of aromatic nitrogens is 2. The number of hydrogen-bond acceptors (Lipinski definition) is 2. The molecule has 0 aliphatic carbocycles. The Balaban J connectivity index is 1.79. The third-order valence-corrected chi connectivity index (χ3v) is 4.78. The van der Waals surface area contributed by atoms with E-state index in [0.717, 1.165) is 34.1 Å². The number of benzene rings is 1. The Kier molecular flexibility index (Phi) is 3.61. The Morgan fingerprint density at radius 3 is 2.64 bits per heavy atom. The van der Waals surface area contributed by atoms with Gasteiger partial charge in [0.05, 0.1) is 18.5 Å². The number of H-pyrrole nitrogens is 1. The van der Waals surface area contributed by atoms with Crippen molar-refractivity contribution < 1.29 is 4.74 Å². The third kappa shape index (κ3) is 2.60. The van der Waals surface area contributed by atoms with Crippen molar-refractivity contribution in [3.05, 3.63) is 76.6 Å². The molecule has 0 unspecified atom stereocenters. The quantitative estimate of drug-likeness (QED) is 0.754. The maximum atomic E-state index is 5.56. The second-order valence-corrected chi connectivity index (χ2v) is 6.42. The standard InChI is InChI=1S/C21H21N3O/c1-13-9-14(2)24(3)20(13)11-19-21(25-4)12-18(23-19)17-10-15-7-5-6-8-16(15)22-17/h5-12,22H,1-4H3/b19-11-. The van der Waals surface area contributed by atoms with Crippen molar-refractivity contribution in [1.29, 1.82) is 0 Å². The normalized spacial score (nSPS) is 15.8. The van der Waals surface area contributed by atoms with Crippen molar-refractivity contribution in [2.24, 2.45) is 12.0 Å². The van der Waals surface area contributed by atoms with Gasteiger partial charge in [-0.25, -0.2) is 4.99 Å². The van der Waals surface area contributed by atoms with E-state index in [4.69, 9.17) is 9.73 Å². The van der Waals surface area contributed by atoms with Gasteiger partial charge in [0.25, 0.3) is 0 Å².